The Hall–Kier alpha value is -1.07. The van der Waals surface area contributed by atoms with Crippen LogP contribution in [0.15, 0.2) is 12.3 Å². The van der Waals surface area contributed by atoms with E-state index < -0.39 is 0 Å². The normalized spacial score (nSPS) is 10.6. The number of nitrogen functional groups attached to an aromatic ring is 1. The number of nitrogens with two attached hydrogens (primary N) is 1. The van der Waals surface area contributed by atoms with E-state index in [0.29, 0.717) is 12.4 Å². The largest absolute Gasteiger partial charge is 0.385 e. The summed E-state index contributed by atoms with van der Waals surface area (Å²) in [5.74, 6) is 0.546. The highest BCUT2D eigenvalue weighted by molar-refractivity contribution is 5.23. The summed E-state index contributed by atoms with van der Waals surface area (Å²) >= 11 is 0. The molecule has 0 atom stereocenters. The van der Waals surface area contributed by atoms with Crippen molar-refractivity contribution < 1.29 is 9.47 Å². The zero-order valence-electron chi connectivity index (χ0n) is 8.48. The minimum Gasteiger partial charge on any atom is -0.385 e. The minimum atomic E-state index is 0.546. The maximum absolute atomic E-state index is 5.46. The fraction of sp³-hybridized carbons (Fsp3) is 0.667. The van der Waals surface area contributed by atoms with Crippen molar-refractivity contribution in [2.45, 2.75) is 13.0 Å². The van der Waals surface area contributed by atoms with Crippen molar-refractivity contribution in [1.29, 1.82) is 0 Å². The summed E-state index contributed by atoms with van der Waals surface area (Å²) in [5, 5.41) is 4.03. The van der Waals surface area contributed by atoms with Crippen molar-refractivity contribution in [3.8, 4) is 0 Å². The van der Waals surface area contributed by atoms with Gasteiger partial charge in [-0.1, -0.05) is 0 Å². The lowest BCUT2D eigenvalue weighted by atomic mass is 10.5. The van der Waals surface area contributed by atoms with Crippen molar-refractivity contribution in [3.05, 3.63) is 12.3 Å². The second-order valence-electron chi connectivity index (χ2n) is 2.96. The third-order valence-corrected chi connectivity index (χ3v) is 1.76. The van der Waals surface area contributed by atoms with E-state index in [1.165, 1.54) is 0 Å². The van der Waals surface area contributed by atoms with E-state index >= 15 is 0 Å². The molecule has 0 bridgehead atoms. The van der Waals surface area contributed by atoms with Crippen molar-refractivity contribution in [2.75, 3.05) is 32.7 Å². The highest BCUT2D eigenvalue weighted by Crippen LogP contribution is 1.95. The van der Waals surface area contributed by atoms with E-state index in [1.807, 2.05) is 6.20 Å². The fourth-order valence-corrected chi connectivity index (χ4v) is 1.07. The van der Waals surface area contributed by atoms with Crippen molar-refractivity contribution in [1.82, 2.24) is 9.78 Å². The van der Waals surface area contributed by atoms with Crippen molar-refractivity contribution >= 4 is 5.82 Å². The van der Waals surface area contributed by atoms with Gasteiger partial charge in [0.1, 0.15) is 5.82 Å². The van der Waals surface area contributed by atoms with Crippen LogP contribution < -0.4 is 5.73 Å². The molecular weight excluding hydrogens is 182 g/mol. The molecule has 2 N–H and O–H groups in total. The molecule has 80 valence electrons. The number of ether oxygens (including phenoxy) is 2. The summed E-state index contributed by atoms with van der Waals surface area (Å²) in [6, 6.07) is 1.77. The molecule has 0 unspecified atom stereocenters. The standard InChI is InChI=1S/C9H17N3O2/c1-13-6-2-7-14-8-5-12-4-3-9(10)11-12/h3-4H,2,5-8H2,1H3,(H2,10,11). The first-order valence-electron chi connectivity index (χ1n) is 4.68. The maximum atomic E-state index is 5.46. The fourth-order valence-electron chi connectivity index (χ4n) is 1.07. The first kappa shape index (κ1) is 11.0. The number of hydrogen-bond acceptors (Lipinski definition) is 4. The molecule has 0 aliphatic heterocycles. The predicted molar refractivity (Wildman–Crippen MR) is 54.0 cm³/mol. The minimum absolute atomic E-state index is 0.546. The Kier molecular flexibility index (Phi) is 5.03. The molecule has 0 amide bonds. The molecular formula is C9H17N3O2. The van der Waals surface area contributed by atoms with Gasteiger partial charge in [-0.15, -0.1) is 0 Å². The summed E-state index contributed by atoms with van der Waals surface area (Å²) in [4.78, 5) is 0. The van der Waals surface area contributed by atoms with Crippen molar-refractivity contribution in [3.63, 3.8) is 0 Å². The Balaban J connectivity index is 1.99. The monoisotopic (exact) mass is 199 g/mol. The summed E-state index contributed by atoms with van der Waals surface area (Å²) in [6.07, 6.45) is 2.77. The average molecular weight is 199 g/mol. The Morgan fingerprint density at radius 3 is 2.93 bits per heavy atom. The van der Waals surface area contributed by atoms with Crippen LogP contribution in [0.1, 0.15) is 6.42 Å². The molecule has 0 aliphatic rings. The number of methoxy groups -OCH3 is 1. The van der Waals surface area contributed by atoms with E-state index in [1.54, 1.807) is 17.9 Å². The first-order chi connectivity index (χ1) is 6.83. The Labute approximate surface area is 83.8 Å². The van der Waals surface area contributed by atoms with Gasteiger partial charge in [-0.25, -0.2) is 0 Å². The van der Waals surface area contributed by atoms with Gasteiger partial charge in [0.2, 0.25) is 0 Å². The molecule has 1 aromatic rings. The summed E-state index contributed by atoms with van der Waals surface area (Å²) < 4.78 is 12.0. The highest BCUT2D eigenvalue weighted by Gasteiger charge is 1.94. The Morgan fingerprint density at radius 1 is 1.43 bits per heavy atom. The van der Waals surface area contributed by atoms with Gasteiger partial charge in [-0.05, 0) is 12.5 Å². The molecule has 0 saturated carbocycles. The lowest BCUT2D eigenvalue weighted by Gasteiger charge is -2.03. The molecule has 0 saturated heterocycles. The van der Waals surface area contributed by atoms with E-state index in [-0.39, 0.29) is 0 Å². The molecule has 1 aromatic heterocycles. The smallest absolute Gasteiger partial charge is 0.145 e. The van der Waals surface area contributed by atoms with Crippen LogP contribution in [0.4, 0.5) is 5.82 Å². The van der Waals surface area contributed by atoms with Gasteiger partial charge >= 0.3 is 0 Å². The second kappa shape index (κ2) is 6.39. The van der Waals surface area contributed by atoms with Crippen LogP contribution in [-0.2, 0) is 16.0 Å². The van der Waals surface area contributed by atoms with E-state index in [4.69, 9.17) is 15.2 Å². The molecule has 1 heterocycles. The van der Waals surface area contributed by atoms with E-state index in [2.05, 4.69) is 5.10 Å². The number of hydrogen-bond donors (Lipinski definition) is 1. The van der Waals surface area contributed by atoms with Crippen LogP contribution in [0, 0.1) is 0 Å². The molecule has 0 radical (unpaired) electrons. The van der Waals surface area contributed by atoms with Crippen molar-refractivity contribution in [2.24, 2.45) is 0 Å². The van der Waals surface area contributed by atoms with Crippen LogP contribution in [-0.4, -0.2) is 36.7 Å². The molecule has 0 spiro atoms. The maximum Gasteiger partial charge on any atom is 0.145 e. The van der Waals surface area contributed by atoms with Crippen LogP contribution in [0.3, 0.4) is 0 Å². The average Bonchev–Trinajstić information content (AvgIpc) is 2.58. The lowest BCUT2D eigenvalue weighted by molar-refractivity contribution is 0.0961. The summed E-state index contributed by atoms with van der Waals surface area (Å²) in [6.45, 7) is 2.87. The molecule has 5 heteroatoms. The molecule has 1 rings (SSSR count). The van der Waals surface area contributed by atoms with Crippen LogP contribution >= 0.6 is 0 Å². The van der Waals surface area contributed by atoms with Crippen LogP contribution in [0.2, 0.25) is 0 Å². The van der Waals surface area contributed by atoms with Gasteiger partial charge in [0, 0.05) is 26.5 Å². The number of aromatic nitrogens is 2. The summed E-state index contributed by atoms with van der Waals surface area (Å²) in [5.41, 5.74) is 5.46. The molecule has 0 aromatic carbocycles. The van der Waals surface area contributed by atoms with Gasteiger partial charge in [-0.3, -0.25) is 4.68 Å². The zero-order chi connectivity index (χ0) is 10.2. The van der Waals surface area contributed by atoms with Gasteiger partial charge in [0.15, 0.2) is 0 Å². The summed E-state index contributed by atoms with van der Waals surface area (Å²) in [7, 11) is 1.69. The zero-order valence-corrected chi connectivity index (χ0v) is 8.48. The molecule has 0 fully saturated rings. The Morgan fingerprint density at radius 2 is 2.29 bits per heavy atom. The highest BCUT2D eigenvalue weighted by atomic mass is 16.5. The third kappa shape index (κ3) is 4.25. The van der Waals surface area contributed by atoms with E-state index in [0.717, 1.165) is 26.2 Å². The second-order valence-corrected chi connectivity index (χ2v) is 2.96. The lowest BCUT2D eigenvalue weighted by Crippen LogP contribution is -2.08. The SMILES string of the molecule is COCCCOCCn1ccc(N)n1. The molecule has 14 heavy (non-hydrogen) atoms. The number of anilines is 1. The van der Waals surface area contributed by atoms with Gasteiger partial charge < -0.3 is 15.2 Å². The van der Waals surface area contributed by atoms with Crippen LogP contribution in [0.25, 0.3) is 0 Å². The quantitative estimate of drug-likeness (QED) is 0.650. The van der Waals surface area contributed by atoms with Gasteiger partial charge in [0.05, 0.1) is 13.2 Å². The molecule has 0 aliphatic carbocycles. The van der Waals surface area contributed by atoms with E-state index in [9.17, 15) is 0 Å². The predicted octanol–water partition coefficient (Wildman–Crippen LogP) is 0.518. The van der Waals surface area contributed by atoms with Gasteiger partial charge in [0.25, 0.3) is 0 Å². The molecule has 5 nitrogen and oxygen atoms in total. The van der Waals surface area contributed by atoms with Gasteiger partial charge in [-0.2, -0.15) is 5.10 Å². The van der Waals surface area contributed by atoms with Crippen LogP contribution in [0.5, 0.6) is 0 Å². The first-order valence-corrected chi connectivity index (χ1v) is 4.68. The topological polar surface area (TPSA) is 62.3 Å². The Bertz CT molecular complexity index is 250. The number of nitrogens with zero attached hydrogens (tertiary/aromatic N) is 2. The number of rotatable bonds is 7. The third-order valence-electron chi connectivity index (χ3n) is 1.76.